The van der Waals surface area contributed by atoms with Gasteiger partial charge < -0.3 is 72.2 Å². The fraction of sp³-hybridized carbons (Fsp3) is 0.173. The topological polar surface area (TPSA) is 452 Å². The first-order chi connectivity index (χ1) is 41.2. The average Bonchev–Trinajstić information content (AvgIpc) is 2.00. The number of carbonyl (C=O) groups is 11. The van der Waals surface area contributed by atoms with E-state index in [1.807, 2.05) is 10.6 Å². The maximum absolute atomic E-state index is 13.9. The lowest BCUT2D eigenvalue weighted by molar-refractivity contribution is -0.134. The van der Waals surface area contributed by atoms with Gasteiger partial charge in [-0.2, -0.15) is 11.8 Å². The van der Waals surface area contributed by atoms with Crippen LogP contribution in [0.2, 0.25) is 0 Å². The molecule has 0 aromatic carbocycles. The molecule has 7 heterocycles. The van der Waals surface area contributed by atoms with E-state index in [0.717, 1.165) is 46.5 Å². The quantitative estimate of drug-likeness (QED) is 0.0771. The summed E-state index contributed by atoms with van der Waals surface area (Å²) in [6.45, 7) is 23.6. The first-order valence-electron chi connectivity index (χ1n) is 24.6. The van der Waals surface area contributed by atoms with E-state index in [4.69, 9.17) is 13.9 Å². The van der Waals surface area contributed by atoms with E-state index in [1.54, 1.807) is 13.2 Å². The SMILES string of the molecule is C=C(NC(=O)C(=C)NC(=O)C(=C)NC(=O)C(=C)NC(=O)c1ccc2c(n1)-c1coc(n1)C(=C)NC(=O)C(=C)NC(=O)c1csc(n1)C(C)NC(=O)c1csc(n1)CNC(=O)c1coc(n1)[C@H](CSC)NC(=O)[C@H]([C@@H](C)O)NC(=O)c1csc-2n1)C(=O)O. The smallest absolute Gasteiger partial charge is 0.351 e. The van der Waals surface area contributed by atoms with Crippen LogP contribution in [0.5, 0.6) is 0 Å². The van der Waals surface area contributed by atoms with E-state index >= 15 is 0 Å². The molecule has 6 aromatic rings. The minimum Gasteiger partial charge on any atom is -0.477 e. The number of aliphatic carboxylic acids is 1. The number of nitrogens with one attached hydrogen (secondary N) is 10. The Morgan fingerprint density at radius 2 is 1.28 bits per heavy atom. The van der Waals surface area contributed by atoms with E-state index in [-0.39, 0.29) is 74.5 Å². The fourth-order valence-electron chi connectivity index (χ4n) is 7.00. The van der Waals surface area contributed by atoms with Gasteiger partial charge in [-0.05, 0) is 32.2 Å². The van der Waals surface area contributed by atoms with Crippen LogP contribution in [0.1, 0.15) is 100 Å². The molecule has 0 fully saturated rings. The van der Waals surface area contributed by atoms with Crippen molar-refractivity contribution in [3.8, 4) is 22.0 Å². The Kier molecular flexibility index (Phi) is 20.5. The Morgan fingerprint density at radius 1 is 0.678 bits per heavy atom. The van der Waals surface area contributed by atoms with Crippen molar-refractivity contribution in [2.75, 3.05) is 12.0 Å². The van der Waals surface area contributed by atoms with Crippen molar-refractivity contribution in [1.29, 1.82) is 0 Å². The summed E-state index contributed by atoms with van der Waals surface area (Å²) in [5.74, 6) is -11.3. The number of hydrogen-bond donors (Lipinski definition) is 12. The first kappa shape index (κ1) is 64.0. The molecule has 0 spiro atoms. The Bertz CT molecular complexity index is 3910. The number of aliphatic hydroxyl groups excluding tert-OH is 1. The van der Waals surface area contributed by atoms with Gasteiger partial charge in [-0.1, -0.05) is 39.5 Å². The standard InChI is InChI=1S/C52H48N16O15S4/c1-19(38(70)55-20(2)41(73)60-25(7)52(80)81)54-39(71)21(3)56-43(75)28-11-10-27-37(62-28)29-13-82-48(64-29)23(5)58-40(72)22(4)57-45(77)32-17-86-50(66-32)24(6)59-44(76)31-16-85-35(61-31)12-53-42(74)30-14-83-49(65-30)34(15-84-9)63-47(79)36(26(8)69)68-46(78)33-18-87-51(27)67-33/h10-11,13-14,16-18,24,26,34,36,69H,1-5,7,12,15H2,6,8-9H3,(H,53,74)(H,54,71)(H,55,70)(H,56,75)(H,57,77)(H,58,72)(H,59,76)(H,60,73)(H,63,79)(H,68,78)(H,80,81)/t24?,26-,34+,36+/m1/s1. The molecular weight excluding hydrogens is 1220 g/mol. The van der Waals surface area contributed by atoms with E-state index in [2.05, 4.69) is 112 Å². The molecule has 450 valence electrons. The largest absolute Gasteiger partial charge is 0.477 e. The molecule has 0 radical (unpaired) electrons. The third kappa shape index (κ3) is 16.0. The van der Waals surface area contributed by atoms with Gasteiger partial charge in [-0.25, -0.2) is 34.7 Å². The van der Waals surface area contributed by atoms with Gasteiger partial charge in [0, 0.05) is 27.5 Å². The number of thiazole rings is 3. The molecule has 7 rings (SSSR count). The van der Waals surface area contributed by atoms with Gasteiger partial charge >= 0.3 is 5.97 Å². The number of aromatic nitrogens is 6. The van der Waals surface area contributed by atoms with Crippen molar-refractivity contribution >= 4 is 117 Å². The highest BCUT2D eigenvalue weighted by Gasteiger charge is 2.32. The minimum absolute atomic E-state index is 0.0253. The first-order valence-corrected chi connectivity index (χ1v) is 28.7. The van der Waals surface area contributed by atoms with Crippen LogP contribution in [0.4, 0.5) is 0 Å². The molecule has 0 saturated heterocycles. The van der Waals surface area contributed by atoms with Gasteiger partial charge in [0.05, 0.1) is 47.2 Å². The zero-order valence-corrected chi connectivity index (χ0v) is 48.8. The summed E-state index contributed by atoms with van der Waals surface area (Å²) < 4.78 is 11.3. The number of hydrogen-bond acceptors (Lipinski definition) is 24. The van der Waals surface area contributed by atoms with Crippen molar-refractivity contribution in [2.45, 2.75) is 44.6 Å². The number of fused-ring (bicyclic) bond motifs is 13. The van der Waals surface area contributed by atoms with Gasteiger partial charge in [0.15, 0.2) is 5.69 Å². The van der Waals surface area contributed by atoms with Crippen molar-refractivity contribution in [3.63, 3.8) is 0 Å². The van der Waals surface area contributed by atoms with Crippen LogP contribution < -0.4 is 53.2 Å². The molecule has 12 N–H and O–H groups in total. The summed E-state index contributed by atoms with van der Waals surface area (Å²) in [7, 11) is 0. The summed E-state index contributed by atoms with van der Waals surface area (Å²) in [6.07, 6.45) is 2.35. The Balaban J connectivity index is 1.16. The second kappa shape index (κ2) is 27.8. The summed E-state index contributed by atoms with van der Waals surface area (Å²) in [4.78, 5) is 170. The molecule has 31 nitrogen and oxygen atoms in total. The zero-order chi connectivity index (χ0) is 63.6. The number of carbonyl (C=O) groups excluding carboxylic acids is 10. The van der Waals surface area contributed by atoms with E-state index < -0.39 is 123 Å². The lowest BCUT2D eigenvalue weighted by Crippen LogP contribution is -2.53. The molecule has 0 aliphatic carbocycles. The number of carboxylic acids is 1. The van der Waals surface area contributed by atoms with Crippen LogP contribution in [0, 0.1) is 0 Å². The van der Waals surface area contributed by atoms with Crippen LogP contribution in [0.3, 0.4) is 0 Å². The number of oxazole rings is 2. The second-order valence-electron chi connectivity index (χ2n) is 17.9. The second-order valence-corrected chi connectivity index (χ2v) is 21.5. The number of amides is 10. The molecule has 35 heteroatoms. The summed E-state index contributed by atoms with van der Waals surface area (Å²) >= 11 is 4.29. The van der Waals surface area contributed by atoms with Crippen LogP contribution >= 0.6 is 45.8 Å². The number of carboxylic acid groups (broad SMARTS) is 1. The lowest BCUT2D eigenvalue weighted by Gasteiger charge is -2.23. The summed E-state index contributed by atoms with van der Waals surface area (Å²) in [6, 6.07) is -0.796. The van der Waals surface area contributed by atoms with Gasteiger partial charge in [-0.15, -0.1) is 34.0 Å². The molecule has 0 saturated carbocycles. The van der Waals surface area contributed by atoms with Crippen molar-refractivity contribution in [2.24, 2.45) is 0 Å². The number of aliphatic hydroxyl groups is 1. The summed E-state index contributed by atoms with van der Waals surface area (Å²) in [5, 5.41) is 48.2. The van der Waals surface area contributed by atoms with Crippen LogP contribution in [0.15, 0.2) is 118 Å². The van der Waals surface area contributed by atoms with E-state index in [0.29, 0.717) is 10.0 Å². The van der Waals surface area contributed by atoms with Crippen LogP contribution in [-0.4, -0.2) is 129 Å². The molecule has 1 aliphatic heterocycles. The van der Waals surface area contributed by atoms with Crippen molar-refractivity contribution in [1.82, 2.24) is 83.1 Å². The molecular formula is C52H48N16O15S4. The Morgan fingerprint density at radius 3 is 1.94 bits per heavy atom. The fourth-order valence-corrected chi connectivity index (χ4v) is 9.91. The van der Waals surface area contributed by atoms with E-state index in [1.165, 1.54) is 47.0 Å². The average molecular weight is 1270 g/mol. The maximum Gasteiger partial charge on any atom is 0.351 e. The van der Waals surface area contributed by atoms with Gasteiger partial charge in [-0.3, -0.25) is 47.9 Å². The number of pyridine rings is 1. The Hall–Kier alpha value is -10.6. The minimum atomic E-state index is -1.60. The molecule has 87 heavy (non-hydrogen) atoms. The van der Waals surface area contributed by atoms with Gasteiger partial charge in [0.2, 0.25) is 17.7 Å². The Labute approximate surface area is 506 Å². The number of rotatable bonds is 12. The highest BCUT2D eigenvalue weighted by atomic mass is 32.2. The molecule has 6 aromatic heterocycles. The normalized spacial score (nSPS) is 16.4. The molecule has 4 atom stereocenters. The zero-order valence-electron chi connectivity index (χ0n) is 45.5. The van der Waals surface area contributed by atoms with Crippen LogP contribution in [0.25, 0.3) is 27.7 Å². The van der Waals surface area contributed by atoms with Gasteiger partial charge in [0.25, 0.3) is 53.2 Å². The van der Waals surface area contributed by atoms with Crippen LogP contribution in [-0.2, 0) is 35.3 Å². The highest BCUT2D eigenvalue weighted by Crippen LogP contribution is 2.34. The summed E-state index contributed by atoms with van der Waals surface area (Å²) in [5.41, 5.74) is -4.59. The molecule has 1 unspecified atom stereocenters. The van der Waals surface area contributed by atoms with E-state index in [9.17, 15) is 57.8 Å². The number of thioether (sulfide) groups is 1. The highest BCUT2D eigenvalue weighted by molar-refractivity contribution is 7.98. The number of nitrogens with zero attached hydrogens (tertiary/aromatic N) is 6. The third-order valence-corrected chi connectivity index (χ3v) is 14.9. The predicted molar refractivity (Wildman–Crippen MR) is 311 cm³/mol. The van der Waals surface area contributed by atoms with Crippen molar-refractivity contribution in [3.05, 3.63) is 159 Å². The van der Waals surface area contributed by atoms with Gasteiger partial charge in [0.1, 0.15) is 79.5 Å². The molecule has 10 amide bonds. The molecule has 10 bridgehead atoms. The lowest BCUT2D eigenvalue weighted by atomic mass is 10.1. The third-order valence-electron chi connectivity index (χ3n) is 11.5. The predicted octanol–water partition coefficient (Wildman–Crippen LogP) is 1.44. The molecule has 1 aliphatic rings. The monoisotopic (exact) mass is 1260 g/mol. The maximum atomic E-state index is 13.9. The van der Waals surface area contributed by atoms with Crippen molar-refractivity contribution < 1.29 is 71.8 Å².